The second-order valence-electron chi connectivity index (χ2n) is 7.88. The molecule has 1 aliphatic heterocycles. The smallest absolute Gasteiger partial charge is 0.417 e. The molecule has 0 amide bonds. The van der Waals surface area contributed by atoms with Gasteiger partial charge in [0.2, 0.25) is 0 Å². The van der Waals surface area contributed by atoms with Crippen molar-refractivity contribution in [2.24, 2.45) is 0 Å². The van der Waals surface area contributed by atoms with E-state index >= 15 is 0 Å². The van der Waals surface area contributed by atoms with Crippen molar-refractivity contribution >= 4 is 11.6 Å². The van der Waals surface area contributed by atoms with Crippen LogP contribution in [-0.2, 0) is 12.6 Å². The molecule has 0 unspecified atom stereocenters. The van der Waals surface area contributed by atoms with Crippen LogP contribution in [0.15, 0.2) is 42.5 Å². The van der Waals surface area contributed by atoms with Gasteiger partial charge in [-0.1, -0.05) is 32.4 Å². The van der Waals surface area contributed by atoms with Crippen molar-refractivity contribution < 1.29 is 31.8 Å². The van der Waals surface area contributed by atoms with Gasteiger partial charge in [0, 0.05) is 21.6 Å². The Morgan fingerprint density at radius 2 is 1.67 bits per heavy atom. The minimum absolute atomic E-state index is 0.0116. The quantitative estimate of drug-likeness (QED) is 0.368. The largest absolute Gasteiger partial charge is 0.508 e. The lowest BCUT2D eigenvalue weighted by molar-refractivity contribution is -0.137. The molecule has 0 spiro atoms. The van der Waals surface area contributed by atoms with Gasteiger partial charge in [0.05, 0.1) is 5.56 Å². The van der Waals surface area contributed by atoms with Crippen molar-refractivity contribution in [2.45, 2.75) is 39.3 Å². The number of hydrogen-bond donors (Lipinski definition) is 1. The lowest BCUT2D eigenvalue weighted by Gasteiger charge is -2.24. The number of alkyl halides is 3. The van der Waals surface area contributed by atoms with Gasteiger partial charge >= 0.3 is 6.18 Å². The summed E-state index contributed by atoms with van der Waals surface area (Å²) in [5.41, 5.74) is -0.965. The molecule has 1 aliphatic rings. The lowest BCUT2D eigenvalue weighted by Crippen LogP contribution is -2.24. The minimum atomic E-state index is -4.81. The Bertz CT molecular complexity index is 1360. The van der Waals surface area contributed by atoms with E-state index in [1.165, 1.54) is 12.1 Å². The third-order valence-corrected chi connectivity index (χ3v) is 5.53. The first-order valence-electron chi connectivity index (χ1n) is 10.6. The molecule has 33 heavy (non-hydrogen) atoms. The van der Waals surface area contributed by atoms with Gasteiger partial charge in [0.1, 0.15) is 28.9 Å². The molecule has 0 atom stereocenters. The Labute approximate surface area is 187 Å². The van der Waals surface area contributed by atoms with Crippen molar-refractivity contribution in [3.8, 4) is 17.2 Å². The second kappa shape index (κ2) is 8.54. The summed E-state index contributed by atoms with van der Waals surface area (Å²) in [5.74, 6) is -1.41. The number of rotatable bonds is 4. The molecule has 3 aromatic carbocycles. The van der Waals surface area contributed by atoms with Crippen LogP contribution in [0, 0.1) is 11.6 Å². The van der Waals surface area contributed by atoms with E-state index in [9.17, 15) is 27.1 Å². The molecule has 0 aromatic heterocycles. The highest BCUT2D eigenvalue weighted by molar-refractivity contribution is 5.87. The molecule has 1 N–H and O–H groups in total. The molecule has 4 rings (SSSR count). The van der Waals surface area contributed by atoms with E-state index in [0.717, 1.165) is 24.3 Å². The van der Waals surface area contributed by atoms with Gasteiger partial charge in [-0.05, 0) is 60.4 Å². The summed E-state index contributed by atoms with van der Waals surface area (Å²) < 4.78 is 77.4. The van der Waals surface area contributed by atoms with E-state index < -0.39 is 29.1 Å². The van der Waals surface area contributed by atoms with Crippen molar-refractivity contribution in [3.05, 3.63) is 86.8 Å². The fourth-order valence-corrected chi connectivity index (χ4v) is 4.10. The molecule has 0 bridgehead atoms. The first kappa shape index (κ1) is 22.8. The van der Waals surface area contributed by atoms with Crippen LogP contribution in [0.4, 0.5) is 22.0 Å². The third-order valence-electron chi connectivity index (χ3n) is 5.53. The molecule has 7 heteroatoms. The number of hydrogen-bond acceptors (Lipinski definition) is 2. The van der Waals surface area contributed by atoms with Gasteiger partial charge in [-0.15, -0.1) is 0 Å². The number of halogens is 5. The highest BCUT2D eigenvalue weighted by Crippen LogP contribution is 2.43. The number of phenols is 1. The lowest BCUT2D eigenvalue weighted by atomic mass is 9.88. The predicted octanol–water partition coefficient (Wildman–Crippen LogP) is 6.19. The van der Waals surface area contributed by atoms with Crippen LogP contribution in [0.25, 0.3) is 11.6 Å². The second-order valence-corrected chi connectivity index (χ2v) is 7.88. The Kier molecular flexibility index (Phi) is 5.91. The minimum Gasteiger partial charge on any atom is -0.508 e. The molecule has 0 saturated carbocycles. The highest BCUT2D eigenvalue weighted by Gasteiger charge is 2.36. The van der Waals surface area contributed by atoms with Crippen LogP contribution in [0.1, 0.15) is 48.9 Å². The van der Waals surface area contributed by atoms with Crippen LogP contribution in [-0.4, -0.2) is 5.11 Å². The fourth-order valence-electron chi connectivity index (χ4n) is 4.10. The average molecular weight is 460 g/mol. The van der Waals surface area contributed by atoms with Crippen LogP contribution in [0.2, 0.25) is 0 Å². The Balaban J connectivity index is 2.15. The molecule has 3 aromatic rings. The van der Waals surface area contributed by atoms with Gasteiger partial charge in [-0.25, -0.2) is 8.78 Å². The van der Waals surface area contributed by atoms with Crippen LogP contribution < -0.4 is 15.2 Å². The highest BCUT2D eigenvalue weighted by atomic mass is 19.4. The fraction of sp³-hybridized carbons (Fsp3) is 0.231. The summed E-state index contributed by atoms with van der Waals surface area (Å²) in [6, 6.07) is 7.99. The number of phenolic OH excluding ortho intramolecular Hbond substituents is 1. The summed E-state index contributed by atoms with van der Waals surface area (Å²) in [7, 11) is 0. The van der Waals surface area contributed by atoms with Gasteiger partial charge < -0.3 is 9.84 Å². The summed E-state index contributed by atoms with van der Waals surface area (Å²) in [5, 5.41) is 10.0. The molecule has 0 fully saturated rings. The Morgan fingerprint density at radius 3 is 2.33 bits per heavy atom. The van der Waals surface area contributed by atoms with E-state index in [4.69, 9.17) is 4.74 Å². The monoisotopic (exact) mass is 460 g/mol. The normalized spacial score (nSPS) is 13.5. The molecule has 1 heterocycles. The maximum Gasteiger partial charge on any atom is 0.417 e. The molecule has 0 radical (unpaired) electrons. The molecule has 172 valence electrons. The molecule has 2 nitrogen and oxygen atoms in total. The predicted molar refractivity (Wildman–Crippen MR) is 116 cm³/mol. The Hall–Kier alpha value is -3.35. The number of aromatic hydroxyl groups is 1. The third kappa shape index (κ3) is 4.19. The van der Waals surface area contributed by atoms with E-state index in [2.05, 4.69) is 0 Å². The molecule has 0 saturated heterocycles. The topological polar surface area (TPSA) is 29.5 Å². The maximum atomic E-state index is 14.9. The van der Waals surface area contributed by atoms with E-state index in [1.54, 1.807) is 6.08 Å². The van der Waals surface area contributed by atoms with Gasteiger partial charge in [-0.2, -0.15) is 13.2 Å². The number of aryl methyl sites for hydroxylation is 1. The van der Waals surface area contributed by atoms with Crippen LogP contribution in [0.3, 0.4) is 0 Å². The SMILES string of the molecule is CC/C=c1/cc2c(cc1F)=C(c1ccc(O)cc1C(F)(F)F)c1cc(F)c(CCC)cc1O2. The summed E-state index contributed by atoms with van der Waals surface area (Å²) >= 11 is 0. The number of benzene rings is 3. The summed E-state index contributed by atoms with van der Waals surface area (Å²) in [4.78, 5) is 0. The van der Waals surface area contributed by atoms with Gasteiger partial charge in [0.15, 0.2) is 0 Å². The zero-order valence-electron chi connectivity index (χ0n) is 18.0. The summed E-state index contributed by atoms with van der Waals surface area (Å²) in [6.07, 6.45) is -1.53. The van der Waals surface area contributed by atoms with Crippen molar-refractivity contribution in [2.75, 3.05) is 0 Å². The van der Waals surface area contributed by atoms with E-state index in [1.807, 2.05) is 13.8 Å². The van der Waals surface area contributed by atoms with Crippen LogP contribution >= 0.6 is 0 Å². The molecule has 0 aliphatic carbocycles. The first-order chi connectivity index (χ1) is 15.6. The van der Waals surface area contributed by atoms with E-state index in [0.29, 0.717) is 30.9 Å². The van der Waals surface area contributed by atoms with Crippen molar-refractivity contribution in [1.82, 2.24) is 0 Å². The van der Waals surface area contributed by atoms with Crippen molar-refractivity contribution in [1.29, 1.82) is 0 Å². The number of ether oxygens (including phenoxy) is 1. The zero-order valence-corrected chi connectivity index (χ0v) is 18.0. The van der Waals surface area contributed by atoms with Gasteiger partial charge in [-0.3, -0.25) is 0 Å². The van der Waals surface area contributed by atoms with Crippen molar-refractivity contribution in [3.63, 3.8) is 0 Å². The van der Waals surface area contributed by atoms with Crippen LogP contribution in [0.5, 0.6) is 17.2 Å². The number of fused-ring (bicyclic) bond motifs is 2. The molecular weight excluding hydrogens is 439 g/mol. The average Bonchev–Trinajstić information content (AvgIpc) is 2.74. The Morgan fingerprint density at radius 1 is 0.909 bits per heavy atom. The van der Waals surface area contributed by atoms with E-state index in [-0.39, 0.29) is 38.6 Å². The summed E-state index contributed by atoms with van der Waals surface area (Å²) in [6.45, 7) is 3.72. The standard InChI is InChI=1S/C26H21F5O2/c1-3-5-14-9-23-18(12-21(14)27)25(17-8-7-16(32)11-20(17)26(29,30)31)19-13-22(28)15(6-4-2)10-24(19)33-23/h5,7-13,32H,3-4,6H2,1-2H3/b14-5-. The zero-order chi connectivity index (χ0) is 23.9. The maximum absolute atomic E-state index is 14.9. The van der Waals surface area contributed by atoms with Gasteiger partial charge in [0.25, 0.3) is 0 Å². The molecular formula is C26H21F5O2. The first-order valence-corrected chi connectivity index (χ1v) is 10.6.